The minimum absolute atomic E-state index is 0.0498. The van der Waals surface area contributed by atoms with E-state index < -0.39 is 15.8 Å². The monoisotopic (exact) mass is 420 g/mol. The summed E-state index contributed by atoms with van der Waals surface area (Å²) in [6, 6.07) is 10.8. The molecule has 3 aromatic rings. The van der Waals surface area contributed by atoms with Crippen LogP contribution in [0.5, 0.6) is 0 Å². The molecule has 1 aliphatic heterocycles. The molecular weight excluding hydrogens is 402 g/mol. The number of rotatable bonds is 5. The molecule has 0 aliphatic carbocycles. The van der Waals surface area contributed by atoms with Gasteiger partial charge in [-0.15, -0.1) is 5.10 Å². The predicted octanol–water partition coefficient (Wildman–Crippen LogP) is 1.45. The maximum absolute atomic E-state index is 13.4. The summed E-state index contributed by atoms with van der Waals surface area (Å²) in [4.78, 5) is 1.98. The summed E-state index contributed by atoms with van der Waals surface area (Å²) in [6.45, 7) is 1.92. The lowest BCUT2D eigenvalue weighted by molar-refractivity contribution is 0.177. The van der Waals surface area contributed by atoms with E-state index in [0.29, 0.717) is 31.1 Å². The van der Waals surface area contributed by atoms with Crippen LogP contribution in [-0.4, -0.2) is 64.0 Å². The Morgan fingerprint density at radius 2 is 1.66 bits per heavy atom. The van der Waals surface area contributed by atoms with Gasteiger partial charge in [-0.1, -0.05) is 6.07 Å². The van der Waals surface area contributed by atoms with Gasteiger partial charge in [0.1, 0.15) is 11.6 Å². The van der Waals surface area contributed by atoms with E-state index in [4.69, 9.17) is 0 Å². The normalized spacial score (nSPS) is 16.2. The molecule has 2 heterocycles. The first-order valence-corrected chi connectivity index (χ1v) is 10.4. The fraction of sp³-hybridized carbons (Fsp3) is 0.278. The van der Waals surface area contributed by atoms with Gasteiger partial charge in [0.15, 0.2) is 5.82 Å². The van der Waals surface area contributed by atoms with Crippen LogP contribution in [0.4, 0.5) is 8.78 Å². The van der Waals surface area contributed by atoms with E-state index in [9.17, 15) is 17.2 Å². The van der Waals surface area contributed by atoms with E-state index in [0.717, 1.165) is 6.07 Å². The van der Waals surface area contributed by atoms with Gasteiger partial charge >= 0.3 is 0 Å². The van der Waals surface area contributed by atoms with Crippen LogP contribution in [0.1, 0.15) is 5.82 Å². The van der Waals surface area contributed by atoms with Crippen LogP contribution in [-0.2, 0) is 16.6 Å². The standard InChI is InChI=1S/C18H18F2N6O2S/c19-14-4-6-16(7-5-14)26-18(21-22-23-26)13-24-8-10-25(11-9-24)29(27,28)17-3-1-2-15(20)12-17/h1-7,12H,8-11,13H2. The molecule has 0 spiro atoms. The Hall–Kier alpha value is -2.76. The number of sulfonamides is 1. The number of tetrazole rings is 1. The van der Waals surface area contributed by atoms with Gasteiger partial charge in [0.05, 0.1) is 17.1 Å². The molecule has 0 unspecified atom stereocenters. The molecule has 0 bridgehead atoms. The Kier molecular flexibility index (Phi) is 5.35. The van der Waals surface area contributed by atoms with Crippen molar-refractivity contribution in [3.05, 3.63) is 66.0 Å². The Labute approximate surface area is 166 Å². The smallest absolute Gasteiger partial charge is 0.243 e. The highest BCUT2D eigenvalue weighted by atomic mass is 32.2. The molecule has 0 N–H and O–H groups in total. The number of aromatic nitrogens is 4. The SMILES string of the molecule is O=S(=O)(c1cccc(F)c1)N1CCN(Cc2nnnn2-c2ccc(F)cc2)CC1. The molecule has 0 atom stereocenters. The minimum Gasteiger partial charge on any atom is -0.293 e. The van der Waals surface area contributed by atoms with E-state index in [1.807, 2.05) is 4.90 Å². The van der Waals surface area contributed by atoms with Crippen LogP contribution < -0.4 is 0 Å². The minimum atomic E-state index is -3.74. The lowest BCUT2D eigenvalue weighted by atomic mass is 10.3. The van der Waals surface area contributed by atoms with Gasteiger partial charge in [0.25, 0.3) is 0 Å². The van der Waals surface area contributed by atoms with Crippen LogP contribution in [0, 0.1) is 11.6 Å². The average molecular weight is 420 g/mol. The first kappa shape index (κ1) is 19.6. The van der Waals surface area contributed by atoms with E-state index in [2.05, 4.69) is 15.5 Å². The van der Waals surface area contributed by atoms with Gasteiger partial charge in [-0.3, -0.25) is 4.90 Å². The van der Waals surface area contributed by atoms with Crippen LogP contribution in [0.3, 0.4) is 0 Å². The highest BCUT2D eigenvalue weighted by Crippen LogP contribution is 2.19. The van der Waals surface area contributed by atoms with Crippen LogP contribution >= 0.6 is 0 Å². The van der Waals surface area contributed by atoms with Gasteiger partial charge < -0.3 is 0 Å². The third kappa shape index (κ3) is 4.16. The van der Waals surface area contributed by atoms with E-state index >= 15 is 0 Å². The first-order valence-electron chi connectivity index (χ1n) is 8.95. The van der Waals surface area contributed by atoms with Crippen molar-refractivity contribution in [3.63, 3.8) is 0 Å². The van der Waals surface area contributed by atoms with Crippen LogP contribution in [0.15, 0.2) is 53.4 Å². The van der Waals surface area contributed by atoms with E-state index in [1.165, 1.54) is 39.3 Å². The fourth-order valence-electron chi connectivity index (χ4n) is 3.19. The topological polar surface area (TPSA) is 84.2 Å². The first-order chi connectivity index (χ1) is 13.9. The van der Waals surface area contributed by atoms with Crippen molar-refractivity contribution in [1.29, 1.82) is 0 Å². The molecule has 11 heteroatoms. The van der Waals surface area contributed by atoms with Gasteiger partial charge in [0.2, 0.25) is 10.0 Å². The summed E-state index contributed by atoms with van der Waals surface area (Å²) >= 11 is 0. The van der Waals surface area contributed by atoms with Gasteiger partial charge in [-0.25, -0.2) is 17.2 Å². The molecule has 152 valence electrons. The lowest BCUT2D eigenvalue weighted by Gasteiger charge is -2.33. The molecule has 1 aromatic heterocycles. The molecule has 8 nitrogen and oxygen atoms in total. The highest BCUT2D eigenvalue weighted by Gasteiger charge is 2.29. The molecule has 0 radical (unpaired) electrons. The number of hydrogen-bond donors (Lipinski definition) is 0. The Bertz CT molecular complexity index is 1100. The lowest BCUT2D eigenvalue weighted by Crippen LogP contribution is -2.48. The van der Waals surface area contributed by atoms with E-state index in [-0.39, 0.29) is 23.8 Å². The zero-order chi connectivity index (χ0) is 20.4. The molecule has 1 saturated heterocycles. The van der Waals surface area contributed by atoms with Gasteiger partial charge in [-0.05, 0) is 52.9 Å². The fourth-order valence-corrected chi connectivity index (χ4v) is 4.65. The molecule has 0 saturated carbocycles. The summed E-state index contributed by atoms with van der Waals surface area (Å²) in [5.74, 6) is -0.366. The van der Waals surface area contributed by atoms with Crippen molar-refractivity contribution in [2.45, 2.75) is 11.4 Å². The number of piperazine rings is 1. The maximum Gasteiger partial charge on any atom is 0.243 e. The third-order valence-corrected chi connectivity index (χ3v) is 6.63. The number of nitrogens with zero attached hydrogens (tertiary/aromatic N) is 6. The van der Waals surface area contributed by atoms with Crippen molar-refractivity contribution in [1.82, 2.24) is 29.4 Å². The third-order valence-electron chi connectivity index (χ3n) is 4.74. The predicted molar refractivity (Wildman–Crippen MR) is 99.5 cm³/mol. The second-order valence-electron chi connectivity index (χ2n) is 6.62. The molecule has 2 aromatic carbocycles. The van der Waals surface area contributed by atoms with Crippen molar-refractivity contribution >= 4 is 10.0 Å². The molecule has 0 amide bonds. The molecule has 1 fully saturated rings. The Morgan fingerprint density at radius 3 is 2.34 bits per heavy atom. The number of halogens is 2. The average Bonchev–Trinajstić information content (AvgIpc) is 3.17. The molecular formula is C18H18F2N6O2S. The second-order valence-corrected chi connectivity index (χ2v) is 8.56. The van der Waals surface area contributed by atoms with Crippen molar-refractivity contribution in [3.8, 4) is 5.69 Å². The van der Waals surface area contributed by atoms with E-state index in [1.54, 1.807) is 12.1 Å². The van der Waals surface area contributed by atoms with Crippen LogP contribution in [0.2, 0.25) is 0 Å². The zero-order valence-corrected chi connectivity index (χ0v) is 16.1. The van der Waals surface area contributed by atoms with Gasteiger partial charge in [-0.2, -0.15) is 8.99 Å². The zero-order valence-electron chi connectivity index (χ0n) is 15.3. The second kappa shape index (κ2) is 7.93. The van der Waals surface area contributed by atoms with Crippen molar-refractivity contribution < 1.29 is 17.2 Å². The molecule has 4 rings (SSSR count). The van der Waals surface area contributed by atoms with Crippen LogP contribution in [0.25, 0.3) is 5.69 Å². The maximum atomic E-state index is 13.4. The number of benzene rings is 2. The number of hydrogen-bond acceptors (Lipinski definition) is 6. The van der Waals surface area contributed by atoms with Gasteiger partial charge in [0, 0.05) is 26.2 Å². The van der Waals surface area contributed by atoms with Crippen molar-refractivity contribution in [2.24, 2.45) is 0 Å². The molecule has 29 heavy (non-hydrogen) atoms. The summed E-state index contributed by atoms with van der Waals surface area (Å²) < 4.78 is 54.8. The summed E-state index contributed by atoms with van der Waals surface area (Å²) in [5.41, 5.74) is 0.638. The summed E-state index contributed by atoms with van der Waals surface area (Å²) in [6.07, 6.45) is 0. The van der Waals surface area contributed by atoms with Crippen molar-refractivity contribution in [2.75, 3.05) is 26.2 Å². The highest BCUT2D eigenvalue weighted by molar-refractivity contribution is 7.89. The Morgan fingerprint density at radius 1 is 0.931 bits per heavy atom. The molecule has 1 aliphatic rings. The quantitative estimate of drug-likeness (QED) is 0.621. The Balaban J connectivity index is 1.42. The summed E-state index contributed by atoms with van der Waals surface area (Å²) in [5, 5.41) is 11.7. The largest absolute Gasteiger partial charge is 0.293 e. The summed E-state index contributed by atoms with van der Waals surface area (Å²) in [7, 11) is -3.74.